The fraction of sp³-hybridized carbons (Fsp3) is 0.188. The van der Waals surface area contributed by atoms with E-state index in [9.17, 15) is 4.39 Å². The molecule has 4 heteroatoms. The molecule has 2 aromatic rings. The summed E-state index contributed by atoms with van der Waals surface area (Å²) in [6.45, 7) is 2.03. The first kappa shape index (κ1) is 13.9. The van der Waals surface area contributed by atoms with Gasteiger partial charge in [-0.05, 0) is 49.2 Å². The number of hydrogen-bond acceptors (Lipinski definition) is 3. The fourth-order valence-corrected chi connectivity index (χ4v) is 2.05. The molecule has 20 heavy (non-hydrogen) atoms. The van der Waals surface area contributed by atoms with Crippen molar-refractivity contribution in [1.29, 1.82) is 5.26 Å². The Morgan fingerprint density at radius 3 is 2.55 bits per heavy atom. The van der Waals surface area contributed by atoms with E-state index in [0.29, 0.717) is 11.3 Å². The zero-order valence-corrected chi connectivity index (χ0v) is 11.2. The molecule has 3 nitrogen and oxygen atoms in total. The largest absolute Gasteiger partial charge is 0.397 e. The van der Waals surface area contributed by atoms with E-state index >= 15 is 0 Å². The average Bonchev–Trinajstić information content (AvgIpc) is 2.43. The van der Waals surface area contributed by atoms with Crippen molar-refractivity contribution in [2.75, 3.05) is 11.1 Å². The Labute approximate surface area is 117 Å². The molecule has 0 saturated heterocycles. The van der Waals surface area contributed by atoms with Crippen LogP contribution in [0.3, 0.4) is 0 Å². The normalized spacial score (nSPS) is 11.7. The molecule has 0 aliphatic carbocycles. The van der Waals surface area contributed by atoms with Gasteiger partial charge in [0.25, 0.3) is 0 Å². The molecule has 0 heterocycles. The highest BCUT2D eigenvalue weighted by molar-refractivity contribution is 5.68. The number of nitrogens with two attached hydrogens (primary N) is 1. The van der Waals surface area contributed by atoms with Crippen LogP contribution in [-0.4, -0.2) is 6.04 Å². The number of nitrogen functional groups attached to an aromatic ring is 1. The van der Waals surface area contributed by atoms with Crippen molar-refractivity contribution in [2.45, 2.75) is 19.4 Å². The number of hydrogen-bond donors (Lipinski definition) is 2. The minimum absolute atomic E-state index is 0.149. The molecular formula is C16H16FN3. The molecule has 0 amide bonds. The van der Waals surface area contributed by atoms with Crippen LogP contribution < -0.4 is 11.1 Å². The molecule has 102 valence electrons. The van der Waals surface area contributed by atoms with Gasteiger partial charge in [-0.25, -0.2) is 4.39 Å². The van der Waals surface area contributed by atoms with Crippen LogP contribution in [0.2, 0.25) is 0 Å². The first-order valence-electron chi connectivity index (χ1n) is 6.39. The Bertz CT molecular complexity index is 629. The van der Waals surface area contributed by atoms with E-state index in [1.165, 1.54) is 12.1 Å². The lowest BCUT2D eigenvalue weighted by Crippen LogP contribution is -2.19. The third-order valence-electron chi connectivity index (χ3n) is 3.04. The van der Waals surface area contributed by atoms with Gasteiger partial charge in [0.2, 0.25) is 0 Å². The summed E-state index contributed by atoms with van der Waals surface area (Å²) < 4.78 is 12.8. The molecule has 0 spiro atoms. The van der Waals surface area contributed by atoms with Gasteiger partial charge in [-0.1, -0.05) is 12.1 Å². The Balaban J connectivity index is 2.03. The molecule has 1 atom stereocenters. The van der Waals surface area contributed by atoms with Gasteiger partial charge in [-0.2, -0.15) is 5.26 Å². The standard InChI is InChI=1S/C16H16FN3/c1-11(8-12-2-5-14(17)6-3-12)20-16-7-4-13(10-18)9-15(16)19/h2-7,9,11,20H,8,19H2,1H3. The van der Waals surface area contributed by atoms with Crippen LogP contribution in [0, 0.1) is 17.1 Å². The van der Waals surface area contributed by atoms with Gasteiger partial charge in [0.05, 0.1) is 23.0 Å². The summed E-state index contributed by atoms with van der Waals surface area (Å²) in [5.74, 6) is -0.231. The minimum Gasteiger partial charge on any atom is -0.397 e. The lowest BCUT2D eigenvalue weighted by Gasteiger charge is -2.17. The van der Waals surface area contributed by atoms with Crippen LogP contribution in [-0.2, 0) is 6.42 Å². The number of rotatable bonds is 4. The zero-order chi connectivity index (χ0) is 14.5. The second-order valence-electron chi connectivity index (χ2n) is 4.79. The number of nitriles is 1. The molecule has 1 unspecified atom stereocenters. The fourth-order valence-electron chi connectivity index (χ4n) is 2.05. The molecule has 0 bridgehead atoms. The van der Waals surface area contributed by atoms with E-state index in [-0.39, 0.29) is 11.9 Å². The highest BCUT2D eigenvalue weighted by Gasteiger charge is 2.07. The quantitative estimate of drug-likeness (QED) is 0.837. The van der Waals surface area contributed by atoms with Gasteiger partial charge in [0.15, 0.2) is 0 Å². The lowest BCUT2D eigenvalue weighted by molar-refractivity contribution is 0.626. The number of benzene rings is 2. The summed E-state index contributed by atoms with van der Waals surface area (Å²) in [6.07, 6.45) is 0.764. The van der Waals surface area contributed by atoms with Gasteiger partial charge < -0.3 is 11.1 Å². The van der Waals surface area contributed by atoms with Crippen molar-refractivity contribution in [3.05, 3.63) is 59.4 Å². The summed E-state index contributed by atoms with van der Waals surface area (Å²) in [5, 5.41) is 12.1. The first-order chi connectivity index (χ1) is 9.58. The zero-order valence-electron chi connectivity index (χ0n) is 11.2. The van der Waals surface area contributed by atoms with Crippen LogP contribution in [0.5, 0.6) is 0 Å². The summed E-state index contributed by atoms with van der Waals surface area (Å²) in [7, 11) is 0. The maximum atomic E-state index is 12.8. The number of nitrogens with zero attached hydrogens (tertiary/aromatic N) is 1. The second-order valence-corrected chi connectivity index (χ2v) is 4.79. The molecule has 0 aliphatic heterocycles. The van der Waals surface area contributed by atoms with Crippen LogP contribution in [0.4, 0.5) is 15.8 Å². The molecule has 3 N–H and O–H groups in total. The van der Waals surface area contributed by atoms with Gasteiger partial charge in [0, 0.05) is 6.04 Å². The first-order valence-corrected chi connectivity index (χ1v) is 6.39. The summed E-state index contributed by atoms with van der Waals surface area (Å²) >= 11 is 0. The van der Waals surface area contributed by atoms with Crippen LogP contribution in [0.25, 0.3) is 0 Å². The second kappa shape index (κ2) is 6.07. The van der Waals surface area contributed by atoms with E-state index in [0.717, 1.165) is 17.7 Å². The van der Waals surface area contributed by atoms with E-state index in [1.54, 1.807) is 30.3 Å². The molecule has 2 aromatic carbocycles. The molecule has 0 saturated carbocycles. The van der Waals surface area contributed by atoms with Gasteiger partial charge >= 0.3 is 0 Å². The molecule has 2 rings (SSSR count). The van der Waals surface area contributed by atoms with E-state index in [2.05, 4.69) is 11.4 Å². The predicted octanol–water partition coefficient (Wildman–Crippen LogP) is 3.32. The third-order valence-corrected chi connectivity index (χ3v) is 3.04. The maximum absolute atomic E-state index is 12.8. The highest BCUT2D eigenvalue weighted by atomic mass is 19.1. The number of halogens is 1. The Kier molecular flexibility index (Phi) is 4.21. The SMILES string of the molecule is CC(Cc1ccc(F)cc1)Nc1ccc(C#N)cc1N. The van der Waals surface area contributed by atoms with Crippen LogP contribution >= 0.6 is 0 Å². The van der Waals surface area contributed by atoms with Crippen molar-refractivity contribution in [2.24, 2.45) is 0 Å². The third kappa shape index (κ3) is 3.48. The summed E-state index contributed by atoms with van der Waals surface area (Å²) in [5.41, 5.74) is 8.85. The predicted molar refractivity (Wildman–Crippen MR) is 78.8 cm³/mol. The van der Waals surface area contributed by atoms with Gasteiger partial charge in [-0.3, -0.25) is 0 Å². The van der Waals surface area contributed by atoms with Crippen molar-refractivity contribution in [1.82, 2.24) is 0 Å². The molecule has 0 aromatic heterocycles. The maximum Gasteiger partial charge on any atom is 0.123 e. The van der Waals surface area contributed by atoms with Gasteiger partial charge in [0.1, 0.15) is 5.82 Å². The summed E-state index contributed by atoms with van der Waals surface area (Å²) in [4.78, 5) is 0. The molecular weight excluding hydrogens is 253 g/mol. The van der Waals surface area contributed by atoms with Crippen molar-refractivity contribution >= 4 is 11.4 Å². The van der Waals surface area contributed by atoms with E-state index in [1.807, 2.05) is 6.92 Å². The Hall–Kier alpha value is -2.54. The van der Waals surface area contributed by atoms with E-state index < -0.39 is 0 Å². The van der Waals surface area contributed by atoms with Crippen LogP contribution in [0.1, 0.15) is 18.1 Å². The average molecular weight is 269 g/mol. The highest BCUT2D eigenvalue weighted by Crippen LogP contribution is 2.21. The van der Waals surface area contributed by atoms with Crippen molar-refractivity contribution in [3.63, 3.8) is 0 Å². The van der Waals surface area contributed by atoms with Crippen molar-refractivity contribution < 1.29 is 4.39 Å². The van der Waals surface area contributed by atoms with Crippen molar-refractivity contribution in [3.8, 4) is 6.07 Å². The lowest BCUT2D eigenvalue weighted by atomic mass is 10.1. The topological polar surface area (TPSA) is 61.8 Å². The van der Waals surface area contributed by atoms with E-state index in [4.69, 9.17) is 11.0 Å². The monoisotopic (exact) mass is 269 g/mol. The smallest absolute Gasteiger partial charge is 0.123 e. The Morgan fingerprint density at radius 1 is 1.25 bits per heavy atom. The molecule has 0 aliphatic rings. The minimum atomic E-state index is -0.231. The van der Waals surface area contributed by atoms with Gasteiger partial charge in [-0.15, -0.1) is 0 Å². The Morgan fingerprint density at radius 2 is 1.95 bits per heavy atom. The molecule has 0 fully saturated rings. The number of nitrogens with one attached hydrogen (secondary N) is 1. The van der Waals surface area contributed by atoms with Crippen LogP contribution in [0.15, 0.2) is 42.5 Å². The molecule has 0 radical (unpaired) electrons. The summed E-state index contributed by atoms with van der Waals surface area (Å²) in [6, 6.07) is 13.8. The number of anilines is 2.